The van der Waals surface area contributed by atoms with Crippen molar-refractivity contribution in [2.75, 3.05) is 6.54 Å². The van der Waals surface area contributed by atoms with E-state index in [1.807, 2.05) is 12.1 Å². The van der Waals surface area contributed by atoms with Crippen molar-refractivity contribution in [1.82, 2.24) is 5.32 Å². The summed E-state index contributed by atoms with van der Waals surface area (Å²) in [6, 6.07) is 7.77. The van der Waals surface area contributed by atoms with Crippen LogP contribution in [0, 0.1) is 5.92 Å². The third-order valence-electron chi connectivity index (χ3n) is 4.08. The lowest BCUT2D eigenvalue weighted by Gasteiger charge is -2.29. The first-order valence-corrected chi connectivity index (χ1v) is 7.34. The summed E-state index contributed by atoms with van der Waals surface area (Å²) in [7, 11) is 0. The Labute approximate surface area is 115 Å². The fourth-order valence-electron chi connectivity index (χ4n) is 2.84. The van der Waals surface area contributed by atoms with E-state index in [0.29, 0.717) is 17.7 Å². The lowest BCUT2D eigenvalue weighted by Crippen LogP contribution is -2.38. The maximum atomic E-state index is 9.93. The standard InChI is InChI=1S/C16H25NO2/c1-12(10-13-6-8-15(18)9-7-13)17-11-14-4-2-3-5-16(14)19/h6-9,12,14,16-19H,2-5,10-11H2,1H3. The quantitative estimate of drug-likeness (QED) is 0.765. The lowest BCUT2D eigenvalue weighted by molar-refractivity contribution is 0.0684. The van der Waals surface area contributed by atoms with Crippen molar-refractivity contribution < 1.29 is 10.2 Å². The molecule has 0 radical (unpaired) electrons. The van der Waals surface area contributed by atoms with Gasteiger partial charge in [-0.05, 0) is 49.8 Å². The molecule has 3 N–H and O–H groups in total. The second kappa shape index (κ2) is 6.92. The Morgan fingerprint density at radius 1 is 1.21 bits per heavy atom. The van der Waals surface area contributed by atoms with Crippen LogP contribution in [0.1, 0.15) is 38.2 Å². The summed E-state index contributed by atoms with van der Waals surface area (Å²) < 4.78 is 0. The molecule has 19 heavy (non-hydrogen) atoms. The van der Waals surface area contributed by atoms with Gasteiger partial charge in [0.2, 0.25) is 0 Å². The van der Waals surface area contributed by atoms with Crippen LogP contribution in [-0.2, 0) is 6.42 Å². The Morgan fingerprint density at radius 2 is 1.89 bits per heavy atom. The second-order valence-electron chi connectivity index (χ2n) is 5.79. The van der Waals surface area contributed by atoms with Gasteiger partial charge in [-0.2, -0.15) is 0 Å². The smallest absolute Gasteiger partial charge is 0.115 e. The molecule has 1 aromatic carbocycles. The summed E-state index contributed by atoms with van der Waals surface area (Å²) >= 11 is 0. The van der Waals surface area contributed by atoms with E-state index >= 15 is 0 Å². The summed E-state index contributed by atoms with van der Waals surface area (Å²) in [6.07, 6.45) is 5.33. The minimum Gasteiger partial charge on any atom is -0.508 e. The van der Waals surface area contributed by atoms with Crippen LogP contribution in [0.4, 0.5) is 0 Å². The average Bonchev–Trinajstić information content (AvgIpc) is 2.40. The first-order chi connectivity index (χ1) is 9.15. The van der Waals surface area contributed by atoms with Gasteiger partial charge in [0, 0.05) is 12.6 Å². The van der Waals surface area contributed by atoms with Crippen molar-refractivity contribution in [3.8, 4) is 5.75 Å². The Hall–Kier alpha value is -1.06. The van der Waals surface area contributed by atoms with Crippen LogP contribution in [0.5, 0.6) is 5.75 Å². The normalized spacial score (nSPS) is 25.2. The molecule has 3 unspecified atom stereocenters. The van der Waals surface area contributed by atoms with E-state index < -0.39 is 0 Å². The van der Waals surface area contributed by atoms with E-state index in [9.17, 15) is 10.2 Å². The summed E-state index contributed by atoms with van der Waals surface area (Å²) in [5.74, 6) is 0.728. The number of nitrogens with one attached hydrogen (secondary N) is 1. The van der Waals surface area contributed by atoms with E-state index in [1.54, 1.807) is 12.1 Å². The van der Waals surface area contributed by atoms with E-state index in [-0.39, 0.29) is 6.10 Å². The van der Waals surface area contributed by atoms with Crippen molar-refractivity contribution >= 4 is 0 Å². The van der Waals surface area contributed by atoms with E-state index in [1.165, 1.54) is 18.4 Å². The van der Waals surface area contributed by atoms with Crippen LogP contribution in [0.2, 0.25) is 0 Å². The molecule has 0 spiro atoms. The van der Waals surface area contributed by atoms with E-state index in [4.69, 9.17) is 0 Å². The number of aliphatic hydroxyl groups excluding tert-OH is 1. The molecular formula is C16H25NO2. The monoisotopic (exact) mass is 263 g/mol. The number of aromatic hydroxyl groups is 1. The van der Waals surface area contributed by atoms with Gasteiger partial charge in [-0.1, -0.05) is 25.0 Å². The number of hydrogen-bond donors (Lipinski definition) is 3. The van der Waals surface area contributed by atoms with E-state index in [2.05, 4.69) is 12.2 Å². The van der Waals surface area contributed by atoms with Gasteiger partial charge in [-0.3, -0.25) is 0 Å². The zero-order valence-electron chi connectivity index (χ0n) is 11.7. The fourth-order valence-corrected chi connectivity index (χ4v) is 2.84. The average molecular weight is 263 g/mol. The first kappa shape index (κ1) is 14.4. The molecule has 1 fully saturated rings. The van der Waals surface area contributed by atoms with Crippen molar-refractivity contribution in [2.45, 2.75) is 51.2 Å². The number of benzene rings is 1. The summed E-state index contributed by atoms with van der Waals surface area (Å²) in [5, 5.41) is 22.7. The predicted molar refractivity (Wildman–Crippen MR) is 77.2 cm³/mol. The molecule has 3 heteroatoms. The molecule has 1 aliphatic rings. The van der Waals surface area contributed by atoms with Crippen LogP contribution < -0.4 is 5.32 Å². The van der Waals surface area contributed by atoms with Crippen molar-refractivity contribution in [3.63, 3.8) is 0 Å². The van der Waals surface area contributed by atoms with Gasteiger partial charge >= 0.3 is 0 Å². The van der Waals surface area contributed by atoms with Gasteiger partial charge in [0.15, 0.2) is 0 Å². The molecule has 0 aliphatic heterocycles. The van der Waals surface area contributed by atoms with Crippen molar-refractivity contribution in [3.05, 3.63) is 29.8 Å². The van der Waals surface area contributed by atoms with Gasteiger partial charge in [0.1, 0.15) is 5.75 Å². The SMILES string of the molecule is CC(Cc1ccc(O)cc1)NCC1CCCCC1O. The summed E-state index contributed by atoms with van der Waals surface area (Å²) in [6.45, 7) is 3.07. The molecule has 0 aromatic heterocycles. The highest BCUT2D eigenvalue weighted by molar-refractivity contribution is 5.26. The van der Waals surface area contributed by atoms with Crippen LogP contribution in [0.3, 0.4) is 0 Å². The Morgan fingerprint density at radius 3 is 2.58 bits per heavy atom. The molecule has 3 nitrogen and oxygen atoms in total. The third kappa shape index (κ3) is 4.51. The molecule has 1 saturated carbocycles. The molecule has 1 aromatic rings. The lowest BCUT2D eigenvalue weighted by atomic mass is 9.86. The van der Waals surface area contributed by atoms with Crippen LogP contribution in [-0.4, -0.2) is 28.9 Å². The van der Waals surface area contributed by atoms with Crippen LogP contribution in [0.15, 0.2) is 24.3 Å². The number of phenolic OH excluding ortho intramolecular Hbond substituents is 1. The highest BCUT2D eigenvalue weighted by Crippen LogP contribution is 2.23. The molecule has 0 bridgehead atoms. The number of phenols is 1. The number of rotatable bonds is 5. The maximum absolute atomic E-state index is 9.93. The third-order valence-corrected chi connectivity index (χ3v) is 4.08. The molecule has 0 heterocycles. The molecule has 106 valence electrons. The van der Waals surface area contributed by atoms with Gasteiger partial charge in [0.25, 0.3) is 0 Å². The Bertz CT molecular complexity index is 377. The zero-order chi connectivity index (χ0) is 13.7. The minimum atomic E-state index is -0.123. The van der Waals surface area contributed by atoms with Crippen molar-refractivity contribution in [1.29, 1.82) is 0 Å². The predicted octanol–water partition coefficient (Wildman–Crippen LogP) is 2.46. The van der Waals surface area contributed by atoms with Crippen molar-refractivity contribution in [2.24, 2.45) is 5.92 Å². The highest BCUT2D eigenvalue weighted by atomic mass is 16.3. The Kier molecular flexibility index (Phi) is 5.23. The second-order valence-corrected chi connectivity index (χ2v) is 5.79. The molecule has 0 saturated heterocycles. The molecule has 2 rings (SSSR count). The maximum Gasteiger partial charge on any atom is 0.115 e. The zero-order valence-corrected chi connectivity index (χ0v) is 11.7. The largest absolute Gasteiger partial charge is 0.508 e. The highest BCUT2D eigenvalue weighted by Gasteiger charge is 2.22. The van der Waals surface area contributed by atoms with Gasteiger partial charge in [0.05, 0.1) is 6.10 Å². The van der Waals surface area contributed by atoms with Crippen LogP contribution in [0.25, 0.3) is 0 Å². The molecular weight excluding hydrogens is 238 g/mol. The summed E-state index contributed by atoms with van der Waals surface area (Å²) in [5.41, 5.74) is 1.22. The summed E-state index contributed by atoms with van der Waals surface area (Å²) in [4.78, 5) is 0. The number of aliphatic hydroxyl groups is 1. The Balaban J connectivity index is 1.74. The van der Waals surface area contributed by atoms with Gasteiger partial charge in [-0.15, -0.1) is 0 Å². The topological polar surface area (TPSA) is 52.5 Å². The van der Waals surface area contributed by atoms with Gasteiger partial charge < -0.3 is 15.5 Å². The molecule has 1 aliphatic carbocycles. The van der Waals surface area contributed by atoms with E-state index in [0.717, 1.165) is 25.8 Å². The minimum absolute atomic E-state index is 0.123. The first-order valence-electron chi connectivity index (χ1n) is 7.34. The molecule has 3 atom stereocenters. The fraction of sp³-hybridized carbons (Fsp3) is 0.625. The van der Waals surface area contributed by atoms with Crippen LogP contribution >= 0.6 is 0 Å². The van der Waals surface area contributed by atoms with Gasteiger partial charge in [-0.25, -0.2) is 0 Å². The number of hydrogen-bond acceptors (Lipinski definition) is 3. The molecule has 0 amide bonds.